The van der Waals surface area contributed by atoms with Crippen molar-refractivity contribution in [2.75, 3.05) is 20.1 Å². The summed E-state index contributed by atoms with van der Waals surface area (Å²) in [6.45, 7) is 7.01. The molecule has 0 radical (unpaired) electrons. The summed E-state index contributed by atoms with van der Waals surface area (Å²) in [4.78, 5) is 0. The predicted octanol–water partition coefficient (Wildman–Crippen LogP) is 1.23. The Balaban J connectivity index is 2.32. The molecule has 1 rings (SSSR count). The van der Waals surface area contributed by atoms with Gasteiger partial charge < -0.3 is 10.6 Å². The Labute approximate surface area is 76.1 Å². The number of hydrogen-bond donors (Lipinski definition) is 2. The molecule has 2 unspecified atom stereocenters. The maximum Gasteiger partial charge on any atom is 0.0107 e. The van der Waals surface area contributed by atoms with Gasteiger partial charge >= 0.3 is 0 Å². The van der Waals surface area contributed by atoms with Gasteiger partial charge in [-0.25, -0.2) is 0 Å². The van der Waals surface area contributed by atoms with Gasteiger partial charge in [-0.2, -0.15) is 0 Å². The Hall–Kier alpha value is -0.0800. The molecule has 0 aromatic heterocycles. The van der Waals surface area contributed by atoms with Crippen LogP contribution in [0.2, 0.25) is 0 Å². The second-order valence-electron chi connectivity index (χ2n) is 4.28. The van der Waals surface area contributed by atoms with E-state index in [4.69, 9.17) is 0 Å². The van der Waals surface area contributed by atoms with Crippen LogP contribution in [-0.2, 0) is 0 Å². The molecular weight excluding hydrogens is 148 g/mol. The number of hydrogen-bond acceptors (Lipinski definition) is 2. The van der Waals surface area contributed by atoms with Gasteiger partial charge in [-0.3, -0.25) is 0 Å². The van der Waals surface area contributed by atoms with E-state index in [1.54, 1.807) is 0 Å². The SMILES string of the molecule is CNC(CC(C)C)C1CCNC1. The first kappa shape index (κ1) is 10.0. The van der Waals surface area contributed by atoms with E-state index in [0.717, 1.165) is 17.9 Å². The third-order valence-electron chi connectivity index (χ3n) is 2.76. The van der Waals surface area contributed by atoms with E-state index in [-0.39, 0.29) is 0 Å². The van der Waals surface area contributed by atoms with Gasteiger partial charge in [0.15, 0.2) is 0 Å². The third kappa shape index (κ3) is 2.76. The molecule has 1 aliphatic heterocycles. The molecule has 0 aliphatic carbocycles. The molecule has 2 nitrogen and oxygen atoms in total. The van der Waals surface area contributed by atoms with Crippen LogP contribution in [0.25, 0.3) is 0 Å². The minimum atomic E-state index is 0.722. The van der Waals surface area contributed by atoms with Crippen LogP contribution in [0.5, 0.6) is 0 Å². The fraction of sp³-hybridized carbons (Fsp3) is 1.00. The zero-order valence-electron chi connectivity index (χ0n) is 8.56. The minimum Gasteiger partial charge on any atom is -0.317 e. The topological polar surface area (TPSA) is 24.1 Å². The van der Waals surface area contributed by atoms with Gasteiger partial charge in [0.1, 0.15) is 0 Å². The van der Waals surface area contributed by atoms with Gasteiger partial charge in [0.05, 0.1) is 0 Å². The second kappa shape index (κ2) is 4.83. The van der Waals surface area contributed by atoms with Gasteiger partial charge in [-0.05, 0) is 44.8 Å². The smallest absolute Gasteiger partial charge is 0.0107 e. The number of nitrogens with one attached hydrogen (secondary N) is 2. The fourth-order valence-corrected chi connectivity index (χ4v) is 2.07. The van der Waals surface area contributed by atoms with Crippen LogP contribution >= 0.6 is 0 Å². The molecule has 1 saturated heterocycles. The largest absolute Gasteiger partial charge is 0.317 e. The quantitative estimate of drug-likeness (QED) is 0.663. The fourth-order valence-electron chi connectivity index (χ4n) is 2.07. The average Bonchev–Trinajstić information content (AvgIpc) is 2.51. The highest BCUT2D eigenvalue weighted by molar-refractivity contribution is 4.82. The van der Waals surface area contributed by atoms with Crippen molar-refractivity contribution in [1.82, 2.24) is 10.6 Å². The van der Waals surface area contributed by atoms with Crippen molar-refractivity contribution >= 4 is 0 Å². The van der Waals surface area contributed by atoms with Crippen LogP contribution < -0.4 is 10.6 Å². The number of rotatable bonds is 4. The highest BCUT2D eigenvalue weighted by atomic mass is 15.0. The van der Waals surface area contributed by atoms with E-state index in [0.29, 0.717) is 0 Å². The van der Waals surface area contributed by atoms with Crippen molar-refractivity contribution in [1.29, 1.82) is 0 Å². The summed E-state index contributed by atoms with van der Waals surface area (Å²) < 4.78 is 0. The van der Waals surface area contributed by atoms with Gasteiger partial charge in [0, 0.05) is 6.04 Å². The van der Waals surface area contributed by atoms with Gasteiger partial charge in [0.25, 0.3) is 0 Å². The van der Waals surface area contributed by atoms with Crippen LogP contribution in [0.1, 0.15) is 26.7 Å². The first-order valence-electron chi connectivity index (χ1n) is 5.12. The van der Waals surface area contributed by atoms with Gasteiger partial charge in [-0.15, -0.1) is 0 Å². The summed E-state index contributed by atoms with van der Waals surface area (Å²) in [5.41, 5.74) is 0. The molecule has 72 valence electrons. The van der Waals surface area contributed by atoms with Crippen LogP contribution in [-0.4, -0.2) is 26.2 Å². The molecule has 0 bridgehead atoms. The third-order valence-corrected chi connectivity index (χ3v) is 2.76. The van der Waals surface area contributed by atoms with E-state index in [2.05, 4.69) is 31.5 Å². The van der Waals surface area contributed by atoms with Crippen molar-refractivity contribution in [3.8, 4) is 0 Å². The highest BCUT2D eigenvalue weighted by Gasteiger charge is 2.23. The maximum absolute atomic E-state index is 3.44. The molecular formula is C10H22N2. The van der Waals surface area contributed by atoms with Crippen molar-refractivity contribution in [3.63, 3.8) is 0 Å². The monoisotopic (exact) mass is 170 g/mol. The molecule has 0 saturated carbocycles. The summed E-state index contributed by atoms with van der Waals surface area (Å²) >= 11 is 0. The molecule has 2 N–H and O–H groups in total. The lowest BCUT2D eigenvalue weighted by atomic mass is 9.91. The van der Waals surface area contributed by atoms with Crippen molar-refractivity contribution in [3.05, 3.63) is 0 Å². The molecule has 2 atom stereocenters. The first-order valence-corrected chi connectivity index (χ1v) is 5.12. The van der Waals surface area contributed by atoms with Crippen molar-refractivity contribution < 1.29 is 0 Å². The molecule has 1 aliphatic rings. The lowest BCUT2D eigenvalue weighted by molar-refractivity contribution is 0.338. The summed E-state index contributed by atoms with van der Waals surface area (Å²) in [5, 5.41) is 6.86. The lowest BCUT2D eigenvalue weighted by Gasteiger charge is -2.23. The minimum absolute atomic E-state index is 0.722. The predicted molar refractivity (Wildman–Crippen MR) is 53.3 cm³/mol. The summed E-state index contributed by atoms with van der Waals surface area (Å²) in [6.07, 6.45) is 2.65. The Morgan fingerprint density at radius 2 is 2.25 bits per heavy atom. The zero-order chi connectivity index (χ0) is 8.97. The highest BCUT2D eigenvalue weighted by Crippen LogP contribution is 2.18. The normalized spacial score (nSPS) is 26.5. The van der Waals surface area contributed by atoms with Gasteiger partial charge in [0.2, 0.25) is 0 Å². The summed E-state index contributed by atoms with van der Waals surface area (Å²) in [6, 6.07) is 0.722. The molecule has 0 aromatic rings. The Bertz CT molecular complexity index is 117. The Morgan fingerprint density at radius 3 is 2.67 bits per heavy atom. The summed E-state index contributed by atoms with van der Waals surface area (Å²) in [5.74, 6) is 1.67. The van der Waals surface area contributed by atoms with E-state index in [9.17, 15) is 0 Å². The summed E-state index contributed by atoms with van der Waals surface area (Å²) in [7, 11) is 2.09. The molecule has 0 spiro atoms. The molecule has 1 fully saturated rings. The van der Waals surface area contributed by atoms with Gasteiger partial charge in [-0.1, -0.05) is 13.8 Å². The standard InChI is InChI=1S/C10H22N2/c1-8(2)6-10(11-3)9-4-5-12-7-9/h8-12H,4-7H2,1-3H3. The molecule has 1 heterocycles. The molecule has 0 amide bonds. The molecule has 12 heavy (non-hydrogen) atoms. The van der Waals surface area contributed by atoms with Crippen molar-refractivity contribution in [2.24, 2.45) is 11.8 Å². The van der Waals surface area contributed by atoms with E-state index >= 15 is 0 Å². The second-order valence-corrected chi connectivity index (χ2v) is 4.28. The van der Waals surface area contributed by atoms with Crippen LogP contribution in [0.4, 0.5) is 0 Å². The van der Waals surface area contributed by atoms with E-state index in [1.165, 1.54) is 25.9 Å². The molecule has 2 heteroatoms. The van der Waals surface area contributed by atoms with Crippen molar-refractivity contribution in [2.45, 2.75) is 32.7 Å². The van der Waals surface area contributed by atoms with Crippen LogP contribution in [0.3, 0.4) is 0 Å². The Kier molecular flexibility index (Phi) is 4.02. The zero-order valence-corrected chi connectivity index (χ0v) is 8.56. The van der Waals surface area contributed by atoms with Crippen LogP contribution in [0.15, 0.2) is 0 Å². The Morgan fingerprint density at radius 1 is 1.50 bits per heavy atom. The van der Waals surface area contributed by atoms with Crippen LogP contribution in [0, 0.1) is 11.8 Å². The maximum atomic E-state index is 3.44. The lowest BCUT2D eigenvalue weighted by Crippen LogP contribution is -2.35. The van der Waals surface area contributed by atoms with E-state index < -0.39 is 0 Å². The molecule has 0 aromatic carbocycles. The first-order chi connectivity index (χ1) is 5.74. The average molecular weight is 170 g/mol. The van der Waals surface area contributed by atoms with E-state index in [1.807, 2.05) is 0 Å².